The van der Waals surface area contributed by atoms with Crippen LogP contribution in [0.3, 0.4) is 0 Å². The minimum absolute atomic E-state index is 0.279. The van der Waals surface area contributed by atoms with E-state index in [1.54, 1.807) is 36.4 Å². The second-order valence-corrected chi connectivity index (χ2v) is 6.98. The van der Waals surface area contributed by atoms with Crippen molar-refractivity contribution in [3.63, 3.8) is 0 Å². The van der Waals surface area contributed by atoms with Crippen molar-refractivity contribution in [2.24, 2.45) is 0 Å². The summed E-state index contributed by atoms with van der Waals surface area (Å²) in [5.74, 6) is 0. The zero-order chi connectivity index (χ0) is 17.3. The van der Waals surface area contributed by atoms with Gasteiger partial charge in [0.1, 0.15) is 0 Å². The van der Waals surface area contributed by atoms with Gasteiger partial charge in [-0.15, -0.1) is 0 Å². The van der Waals surface area contributed by atoms with Crippen molar-refractivity contribution >= 4 is 31.9 Å². The van der Waals surface area contributed by atoms with Gasteiger partial charge in [-0.05, 0) is 36.4 Å². The molecule has 0 saturated carbocycles. The minimum Gasteiger partial charge on any atom is -0.248 e. The number of rotatable bonds is 2. The number of halogens is 5. The van der Waals surface area contributed by atoms with E-state index in [0.717, 1.165) is 21.1 Å². The lowest BCUT2D eigenvalue weighted by molar-refractivity contribution is -0.137. The molecule has 0 aliphatic heterocycles. The van der Waals surface area contributed by atoms with Gasteiger partial charge in [0.05, 0.1) is 17.0 Å². The van der Waals surface area contributed by atoms with Gasteiger partial charge in [0, 0.05) is 20.1 Å². The summed E-state index contributed by atoms with van der Waals surface area (Å²) in [6.07, 6.45) is -4.44. The maximum atomic E-state index is 13.3. The summed E-state index contributed by atoms with van der Waals surface area (Å²) in [4.78, 5) is 4.43. The van der Waals surface area contributed by atoms with E-state index in [0.29, 0.717) is 11.1 Å². The number of hydrogen-bond acceptors (Lipinski definition) is 1. The largest absolute Gasteiger partial charge is 0.416 e. The lowest BCUT2D eigenvalue weighted by atomic mass is 10.0. The number of benzene rings is 2. The van der Waals surface area contributed by atoms with Gasteiger partial charge in [0.25, 0.3) is 0 Å². The Labute approximate surface area is 153 Å². The Bertz CT molecular complexity index is 828. The fourth-order valence-electron chi connectivity index (χ4n) is 2.29. The first-order chi connectivity index (χ1) is 11.3. The Morgan fingerprint density at radius 2 is 1.17 bits per heavy atom. The molecule has 2 aromatic carbocycles. The minimum atomic E-state index is -4.44. The third-order valence-corrected chi connectivity index (χ3v) is 4.38. The molecule has 0 amide bonds. The molecule has 0 bridgehead atoms. The van der Waals surface area contributed by atoms with E-state index in [9.17, 15) is 13.2 Å². The van der Waals surface area contributed by atoms with Crippen LogP contribution >= 0.6 is 31.9 Å². The van der Waals surface area contributed by atoms with E-state index < -0.39 is 11.7 Å². The molecule has 0 atom stereocenters. The van der Waals surface area contributed by atoms with Crippen LogP contribution in [0.4, 0.5) is 13.2 Å². The summed E-state index contributed by atoms with van der Waals surface area (Å²) < 4.78 is 41.4. The van der Waals surface area contributed by atoms with Crippen LogP contribution in [0.25, 0.3) is 22.5 Å². The van der Waals surface area contributed by atoms with Gasteiger partial charge < -0.3 is 0 Å². The molecule has 0 N–H and O–H groups in total. The molecular formula is C18H10Br2F3N. The Morgan fingerprint density at radius 3 is 1.54 bits per heavy atom. The predicted octanol–water partition coefficient (Wildman–Crippen LogP) is 6.96. The zero-order valence-corrected chi connectivity index (χ0v) is 15.3. The monoisotopic (exact) mass is 455 g/mol. The first kappa shape index (κ1) is 17.2. The average Bonchev–Trinajstić information content (AvgIpc) is 2.53. The van der Waals surface area contributed by atoms with Gasteiger partial charge in [0.2, 0.25) is 0 Å². The molecule has 1 nitrogen and oxygen atoms in total. The van der Waals surface area contributed by atoms with Crippen LogP contribution in [0.2, 0.25) is 0 Å². The first-order valence-corrected chi connectivity index (χ1v) is 8.53. The highest BCUT2D eigenvalue weighted by molar-refractivity contribution is 9.10. The molecular weight excluding hydrogens is 447 g/mol. The zero-order valence-electron chi connectivity index (χ0n) is 12.1. The standard InChI is InChI=1S/C18H10Br2F3N/c19-14-5-1-3-11(7-14)16-9-13(18(21,22)23)10-17(24-16)12-4-2-6-15(20)8-12/h1-10H. The molecule has 1 heterocycles. The van der Waals surface area contributed by atoms with E-state index in [-0.39, 0.29) is 11.4 Å². The van der Waals surface area contributed by atoms with Crippen LogP contribution in [-0.4, -0.2) is 4.98 Å². The van der Waals surface area contributed by atoms with Crippen molar-refractivity contribution in [3.8, 4) is 22.5 Å². The van der Waals surface area contributed by atoms with Gasteiger partial charge in [-0.1, -0.05) is 56.1 Å². The van der Waals surface area contributed by atoms with Crippen molar-refractivity contribution in [2.45, 2.75) is 6.18 Å². The second kappa shape index (κ2) is 6.69. The van der Waals surface area contributed by atoms with Crippen molar-refractivity contribution in [3.05, 3.63) is 75.2 Å². The molecule has 0 saturated heterocycles. The van der Waals surface area contributed by atoms with Crippen molar-refractivity contribution in [1.82, 2.24) is 4.98 Å². The first-order valence-electron chi connectivity index (χ1n) is 6.94. The van der Waals surface area contributed by atoms with E-state index >= 15 is 0 Å². The summed E-state index contributed by atoms with van der Waals surface area (Å²) in [5, 5.41) is 0. The summed E-state index contributed by atoms with van der Waals surface area (Å²) in [5.41, 5.74) is 1.07. The van der Waals surface area contributed by atoms with Gasteiger partial charge in [-0.3, -0.25) is 0 Å². The predicted molar refractivity (Wildman–Crippen MR) is 95.5 cm³/mol. The number of alkyl halides is 3. The van der Waals surface area contributed by atoms with Crippen LogP contribution in [0.15, 0.2) is 69.6 Å². The number of nitrogens with zero attached hydrogens (tertiary/aromatic N) is 1. The average molecular weight is 457 g/mol. The third kappa shape index (κ3) is 3.87. The Kier molecular flexibility index (Phi) is 4.78. The van der Waals surface area contributed by atoms with Gasteiger partial charge in [0.15, 0.2) is 0 Å². The molecule has 1 aromatic heterocycles. The van der Waals surface area contributed by atoms with Gasteiger partial charge in [-0.25, -0.2) is 4.98 Å². The normalized spacial score (nSPS) is 11.5. The maximum absolute atomic E-state index is 13.3. The molecule has 6 heteroatoms. The van der Waals surface area contributed by atoms with Crippen LogP contribution in [0.5, 0.6) is 0 Å². The highest BCUT2D eigenvalue weighted by atomic mass is 79.9. The quantitative estimate of drug-likeness (QED) is 0.406. The fourth-order valence-corrected chi connectivity index (χ4v) is 3.08. The van der Waals surface area contributed by atoms with Gasteiger partial charge >= 0.3 is 6.18 Å². The molecule has 3 rings (SSSR count). The van der Waals surface area contributed by atoms with Crippen molar-refractivity contribution < 1.29 is 13.2 Å². The summed E-state index contributed by atoms with van der Waals surface area (Å²) >= 11 is 6.67. The smallest absolute Gasteiger partial charge is 0.248 e. The molecule has 0 unspecified atom stereocenters. The molecule has 0 fully saturated rings. The highest BCUT2D eigenvalue weighted by Crippen LogP contribution is 2.35. The Hall–Kier alpha value is -1.66. The molecule has 0 spiro atoms. The van der Waals surface area contributed by atoms with Crippen LogP contribution < -0.4 is 0 Å². The second-order valence-electron chi connectivity index (χ2n) is 5.14. The number of aromatic nitrogens is 1. The SMILES string of the molecule is FC(F)(F)c1cc(-c2cccc(Br)c2)nc(-c2cccc(Br)c2)c1. The topological polar surface area (TPSA) is 12.9 Å². The third-order valence-electron chi connectivity index (χ3n) is 3.39. The van der Waals surface area contributed by atoms with E-state index in [4.69, 9.17) is 0 Å². The molecule has 122 valence electrons. The van der Waals surface area contributed by atoms with E-state index in [2.05, 4.69) is 36.8 Å². The molecule has 0 aliphatic rings. The summed E-state index contributed by atoms with van der Waals surface area (Å²) in [7, 11) is 0. The molecule has 0 aliphatic carbocycles. The Balaban J connectivity index is 2.21. The van der Waals surface area contributed by atoms with E-state index in [1.165, 1.54) is 0 Å². The van der Waals surface area contributed by atoms with Crippen LogP contribution in [-0.2, 0) is 6.18 Å². The lowest BCUT2D eigenvalue weighted by Gasteiger charge is -2.12. The number of pyridine rings is 1. The molecule has 3 aromatic rings. The number of hydrogen-bond donors (Lipinski definition) is 0. The highest BCUT2D eigenvalue weighted by Gasteiger charge is 2.32. The summed E-state index contributed by atoms with van der Waals surface area (Å²) in [6.45, 7) is 0. The maximum Gasteiger partial charge on any atom is 0.416 e. The molecule has 24 heavy (non-hydrogen) atoms. The van der Waals surface area contributed by atoms with Crippen LogP contribution in [0.1, 0.15) is 5.56 Å². The van der Waals surface area contributed by atoms with Crippen LogP contribution in [0, 0.1) is 0 Å². The van der Waals surface area contributed by atoms with Gasteiger partial charge in [-0.2, -0.15) is 13.2 Å². The molecule has 0 radical (unpaired) electrons. The van der Waals surface area contributed by atoms with Crippen molar-refractivity contribution in [2.75, 3.05) is 0 Å². The van der Waals surface area contributed by atoms with E-state index in [1.807, 2.05) is 12.1 Å². The fraction of sp³-hybridized carbons (Fsp3) is 0.0556. The Morgan fingerprint density at radius 1 is 0.708 bits per heavy atom. The summed E-state index contributed by atoms with van der Waals surface area (Å²) in [6, 6.07) is 16.3. The van der Waals surface area contributed by atoms with Crippen molar-refractivity contribution in [1.29, 1.82) is 0 Å². The lowest BCUT2D eigenvalue weighted by Crippen LogP contribution is -2.06.